The van der Waals surface area contributed by atoms with Gasteiger partial charge in [0.1, 0.15) is 0 Å². The lowest BCUT2D eigenvalue weighted by molar-refractivity contribution is -0.130. The first-order chi connectivity index (χ1) is 8.11. The van der Waals surface area contributed by atoms with E-state index in [1.165, 1.54) is 0 Å². The molecule has 0 radical (unpaired) electrons. The van der Waals surface area contributed by atoms with Crippen molar-refractivity contribution in [3.05, 3.63) is 0 Å². The molecule has 6 nitrogen and oxygen atoms in total. The predicted octanol–water partition coefficient (Wildman–Crippen LogP) is -1.13. The van der Waals surface area contributed by atoms with Crippen LogP contribution in [0.15, 0.2) is 0 Å². The second-order valence-electron chi connectivity index (χ2n) is 4.48. The Hall–Kier alpha value is -0.690. The third-order valence-electron chi connectivity index (χ3n) is 3.02. The summed E-state index contributed by atoms with van der Waals surface area (Å²) in [7, 11) is 0. The largest absolute Gasteiger partial charge is 0.394 e. The number of amides is 1. The number of nitrogens with two attached hydrogens (primary N) is 1. The first-order valence-corrected chi connectivity index (χ1v) is 5.91. The molecule has 1 fully saturated rings. The van der Waals surface area contributed by atoms with Crippen molar-refractivity contribution in [2.75, 3.05) is 39.6 Å². The summed E-state index contributed by atoms with van der Waals surface area (Å²) in [6, 6.07) is -0.242. The zero-order valence-electron chi connectivity index (χ0n) is 10.3. The Labute approximate surface area is 101 Å². The van der Waals surface area contributed by atoms with E-state index in [-0.39, 0.29) is 18.6 Å². The van der Waals surface area contributed by atoms with Gasteiger partial charge in [-0.1, -0.05) is 0 Å². The van der Waals surface area contributed by atoms with Crippen molar-refractivity contribution in [2.45, 2.75) is 19.4 Å². The van der Waals surface area contributed by atoms with Crippen molar-refractivity contribution in [2.24, 2.45) is 11.1 Å². The maximum absolute atomic E-state index is 11.9. The number of aliphatic hydroxyl groups is 1. The summed E-state index contributed by atoms with van der Waals surface area (Å²) >= 11 is 0. The summed E-state index contributed by atoms with van der Waals surface area (Å²) in [5, 5.41) is 11.3. The minimum Gasteiger partial charge on any atom is -0.394 e. The van der Waals surface area contributed by atoms with Gasteiger partial charge in [0.15, 0.2) is 0 Å². The highest BCUT2D eigenvalue weighted by Gasteiger charge is 2.44. The maximum atomic E-state index is 11.9. The van der Waals surface area contributed by atoms with E-state index < -0.39 is 5.41 Å². The van der Waals surface area contributed by atoms with E-state index >= 15 is 0 Å². The third-order valence-corrected chi connectivity index (χ3v) is 3.02. The molecule has 2 unspecified atom stereocenters. The summed E-state index contributed by atoms with van der Waals surface area (Å²) in [5.41, 5.74) is 5.23. The second kappa shape index (κ2) is 6.90. The smallest absolute Gasteiger partial charge is 0.229 e. The van der Waals surface area contributed by atoms with Crippen LogP contribution in [0.4, 0.5) is 0 Å². The summed E-state index contributed by atoms with van der Waals surface area (Å²) in [6.07, 6.45) is 0.720. The Kier molecular flexibility index (Phi) is 5.84. The fourth-order valence-electron chi connectivity index (χ4n) is 1.67. The van der Waals surface area contributed by atoms with E-state index in [1.54, 1.807) is 0 Å². The van der Waals surface area contributed by atoms with Crippen molar-refractivity contribution in [3.63, 3.8) is 0 Å². The highest BCUT2D eigenvalue weighted by Crippen LogP contribution is 2.26. The molecule has 1 rings (SSSR count). The molecule has 0 aromatic carbocycles. The summed E-state index contributed by atoms with van der Waals surface area (Å²) in [4.78, 5) is 11.9. The van der Waals surface area contributed by atoms with Gasteiger partial charge >= 0.3 is 0 Å². The molecule has 0 spiro atoms. The van der Waals surface area contributed by atoms with E-state index in [2.05, 4.69) is 5.32 Å². The third kappa shape index (κ3) is 3.92. The van der Waals surface area contributed by atoms with Gasteiger partial charge in [0, 0.05) is 19.2 Å². The van der Waals surface area contributed by atoms with Crippen LogP contribution in [0.3, 0.4) is 0 Å². The Morgan fingerprint density at radius 1 is 1.65 bits per heavy atom. The topological polar surface area (TPSA) is 93.8 Å². The molecule has 1 aliphatic rings. The number of hydrogen-bond donors (Lipinski definition) is 3. The summed E-state index contributed by atoms with van der Waals surface area (Å²) < 4.78 is 10.3. The number of rotatable bonds is 7. The highest BCUT2D eigenvalue weighted by atomic mass is 16.5. The average Bonchev–Trinajstić information content (AvgIpc) is 2.65. The summed E-state index contributed by atoms with van der Waals surface area (Å²) in [6.45, 7) is 4.07. The van der Waals surface area contributed by atoms with Crippen molar-refractivity contribution in [1.82, 2.24) is 5.32 Å². The van der Waals surface area contributed by atoms with Crippen molar-refractivity contribution in [1.29, 1.82) is 0 Å². The molecule has 0 bridgehead atoms. The van der Waals surface area contributed by atoms with Gasteiger partial charge in [-0.3, -0.25) is 4.79 Å². The molecule has 1 amide bonds. The number of ether oxygens (including phenoxy) is 2. The minimum atomic E-state index is -0.619. The molecule has 0 aliphatic carbocycles. The second-order valence-corrected chi connectivity index (χ2v) is 4.48. The van der Waals surface area contributed by atoms with Gasteiger partial charge in [-0.2, -0.15) is 0 Å². The minimum absolute atomic E-state index is 0.0244. The first kappa shape index (κ1) is 14.4. The number of carbonyl (C=O) groups excluding carboxylic acids is 1. The Morgan fingerprint density at radius 2 is 2.41 bits per heavy atom. The predicted molar refractivity (Wildman–Crippen MR) is 62.4 cm³/mol. The van der Waals surface area contributed by atoms with Crippen molar-refractivity contribution >= 4 is 5.91 Å². The zero-order valence-corrected chi connectivity index (χ0v) is 10.3. The van der Waals surface area contributed by atoms with Crippen LogP contribution in [0.2, 0.25) is 0 Å². The molecule has 6 heteroatoms. The Bertz CT molecular complexity index is 250. The first-order valence-electron chi connectivity index (χ1n) is 5.91. The maximum Gasteiger partial charge on any atom is 0.229 e. The average molecular weight is 246 g/mol. The number of aliphatic hydroxyl groups excluding tert-OH is 1. The van der Waals surface area contributed by atoms with Crippen molar-refractivity contribution < 1.29 is 19.4 Å². The van der Waals surface area contributed by atoms with Crippen molar-refractivity contribution in [3.8, 4) is 0 Å². The monoisotopic (exact) mass is 246 g/mol. The number of nitrogens with one attached hydrogen (secondary N) is 1. The molecular formula is C11H22N2O4. The van der Waals surface area contributed by atoms with Gasteiger partial charge in [-0.25, -0.2) is 0 Å². The number of hydrogen-bond acceptors (Lipinski definition) is 5. The molecule has 1 heterocycles. The standard InChI is InChI=1S/C11H22N2O4/c1-11(8-17-7-9(11)12)10(15)13-3-2-5-16-6-4-14/h9,14H,2-8,12H2,1H3,(H,13,15). The molecule has 4 N–H and O–H groups in total. The molecule has 0 aromatic rings. The quantitative estimate of drug-likeness (QED) is 0.494. The Balaban J connectivity index is 2.16. The Morgan fingerprint density at radius 3 is 3.00 bits per heavy atom. The fraction of sp³-hybridized carbons (Fsp3) is 0.909. The van der Waals surface area contributed by atoms with Gasteiger partial charge in [-0.05, 0) is 13.3 Å². The van der Waals surface area contributed by atoms with Crippen LogP contribution in [0.25, 0.3) is 0 Å². The lowest BCUT2D eigenvalue weighted by Gasteiger charge is -2.25. The van der Waals surface area contributed by atoms with Crippen LogP contribution >= 0.6 is 0 Å². The van der Waals surface area contributed by atoms with Crippen LogP contribution in [0.5, 0.6) is 0 Å². The van der Waals surface area contributed by atoms with Crippen LogP contribution in [0, 0.1) is 5.41 Å². The SMILES string of the molecule is CC1(C(=O)NCCCOCCO)COCC1N. The van der Waals surface area contributed by atoms with E-state index in [0.29, 0.717) is 33.0 Å². The van der Waals surface area contributed by atoms with Gasteiger partial charge in [0.25, 0.3) is 0 Å². The molecule has 2 atom stereocenters. The molecule has 100 valence electrons. The van der Waals surface area contributed by atoms with E-state index in [0.717, 1.165) is 6.42 Å². The lowest BCUT2D eigenvalue weighted by Crippen LogP contribution is -2.50. The molecular weight excluding hydrogens is 224 g/mol. The van der Waals surface area contributed by atoms with E-state index in [4.69, 9.17) is 20.3 Å². The molecule has 1 saturated heterocycles. The molecule has 0 aromatic heterocycles. The van der Waals surface area contributed by atoms with Gasteiger partial charge in [0.2, 0.25) is 5.91 Å². The molecule has 0 saturated carbocycles. The normalized spacial score (nSPS) is 28.3. The highest BCUT2D eigenvalue weighted by molar-refractivity contribution is 5.83. The van der Waals surface area contributed by atoms with Crippen LogP contribution in [-0.2, 0) is 14.3 Å². The van der Waals surface area contributed by atoms with Gasteiger partial charge < -0.3 is 25.6 Å². The molecule has 17 heavy (non-hydrogen) atoms. The van der Waals surface area contributed by atoms with Crippen LogP contribution in [0.1, 0.15) is 13.3 Å². The lowest BCUT2D eigenvalue weighted by atomic mass is 9.85. The number of carbonyl (C=O) groups is 1. The molecule has 1 aliphatic heterocycles. The van der Waals surface area contributed by atoms with Crippen LogP contribution < -0.4 is 11.1 Å². The van der Waals surface area contributed by atoms with Gasteiger partial charge in [0.05, 0.1) is 31.8 Å². The van der Waals surface area contributed by atoms with Gasteiger partial charge in [-0.15, -0.1) is 0 Å². The van der Waals surface area contributed by atoms with E-state index in [1.807, 2.05) is 6.92 Å². The van der Waals surface area contributed by atoms with Crippen LogP contribution in [-0.4, -0.2) is 56.6 Å². The zero-order chi connectivity index (χ0) is 12.7. The van der Waals surface area contributed by atoms with E-state index in [9.17, 15) is 4.79 Å². The fourth-order valence-corrected chi connectivity index (χ4v) is 1.67. The summed E-state index contributed by atoms with van der Waals surface area (Å²) in [5.74, 6) is -0.0651.